The molecular formula is C16H28O5. The summed E-state index contributed by atoms with van der Waals surface area (Å²) in [5.74, 6) is -1.12. The number of hydrogen-bond acceptors (Lipinski definition) is 5. The maximum atomic E-state index is 11.1. The molecule has 5 heteroatoms. The Hall–Kier alpha value is -0.200. The lowest BCUT2D eigenvalue weighted by Gasteiger charge is -2.57. The lowest BCUT2D eigenvalue weighted by molar-refractivity contribution is -0.346. The maximum Gasteiger partial charge on any atom is 0.162 e. The van der Waals surface area contributed by atoms with Gasteiger partial charge in [-0.1, -0.05) is 6.42 Å². The van der Waals surface area contributed by atoms with Crippen LogP contribution in [0.25, 0.3) is 0 Å². The van der Waals surface area contributed by atoms with Crippen molar-refractivity contribution < 1.29 is 24.1 Å². The van der Waals surface area contributed by atoms with Crippen LogP contribution >= 0.6 is 0 Å². The standard InChI is InChI=1S/C16H28O5/c1-13(2)18-8-15(9-19-13)6-5-7-16(12(15)17)10-20-14(3,4)21-11-16/h12,17H,5-11H2,1-4H3. The Kier molecular flexibility index (Phi) is 3.66. The van der Waals surface area contributed by atoms with E-state index in [1.807, 2.05) is 27.7 Å². The van der Waals surface area contributed by atoms with Crippen LogP contribution in [0.3, 0.4) is 0 Å². The molecule has 0 bridgehead atoms. The fourth-order valence-corrected chi connectivity index (χ4v) is 3.76. The number of hydrogen-bond donors (Lipinski definition) is 1. The second-order valence-corrected chi connectivity index (χ2v) is 7.94. The van der Waals surface area contributed by atoms with Gasteiger partial charge in [0.05, 0.1) is 32.5 Å². The van der Waals surface area contributed by atoms with Gasteiger partial charge in [0.2, 0.25) is 0 Å². The Bertz CT molecular complexity index is 347. The van der Waals surface area contributed by atoms with Crippen molar-refractivity contribution in [3.8, 4) is 0 Å². The van der Waals surface area contributed by atoms with Crippen LogP contribution in [0.1, 0.15) is 47.0 Å². The molecule has 0 aromatic rings. The molecular weight excluding hydrogens is 272 g/mol. The van der Waals surface area contributed by atoms with Crippen molar-refractivity contribution in [2.45, 2.75) is 64.6 Å². The zero-order chi connectivity index (χ0) is 15.4. The summed E-state index contributed by atoms with van der Waals surface area (Å²) in [5.41, 5.74) is -0.663. The number of rotatable bonds is 0. The fraction of sp³-hybridized carbons (Fsp3) is 1.00. The van der Waals surface area contributed by atoms with Gasteiger partial charge in [0, 0.05) is 10.8 Å². The second kappa shape index (κ2) is 4.90. The second-order valence-electron chi connectivity index (χ2n) is 7.94. The third-order valence-corrected chi connectivity index (χ3v) is 5.34. The minimum Gasteiger partial charge on any atom is -0.392 e. The molecule has 0 atom stereocenters. The summed E-state index contributed by atoms with van der Waals surface area (Å²) >= 11 is 0. The van der Waals surface area contributed by atoms with E-state index in [9.17, 15) is 5.11 Å². The van der Waals surface area contributed by atoms with Crippen LogP contribution in [-0.2, 0) is 18.9 Å². The average Bonchev–Trinajstić information content (AvgIpc) is 2.42. The van der Waals surface area contributed by atoms with Gasteiger partial charge in [-0.05, 0) is 40.5 Å². The first kappa shape index (κ1) is 15.7. The zero-order valence-electron chi connectivity index (χ0n) is 13.6. The smallest absolute Gasteiger partial charge is 0.162 e. The Morgan fingerprint density at radius 1 is 0.714 bits per heavy atom. The van der Waals surface area contributed by atoms with E-state index in [-0.39, 0.29) is 10.8 Å². The monoisotopic (exact) mass is 300 g/mol. The average molecular weight is 300 g/mol. The van der Waals surface area contributed by atoms with E-state index in [0.717, 1.165) is 19.3 Å². The molecule has 0 unspecified atom stereocenters. The van der Waals surface area contributed by atoms with Crippen LogP contribution in [0.15, 0.2) is 0 Å². The van der Waals surface area contributed by atoms with Gasteiger partial charge >= 0.3 is 0 Å². The molecule has 3 rings (SSSR count). The molecule has 2 heterocycles. The summed E-state index contributed by atoms with van der Waals surface area (Å²) in [5, 5.41) is 11.1. The van der Waals surface area contributed by atoms with Gasteiger partial charge in [-0.15, -0.1) is 0 Å². The third kappa shape index (κ3) is 2.75. The molecule has 122 valence electrons. The predicted octanol–water partition coefficient (Wildman–Crippen LogP) is 2.07. The molecule has 2 aliphatic heterocycles. The molecule has 5 nitrogen and oxygen atoms in total. The largest absolute Gasteiger partial charge is 0.392 e. The van der Waals surface area contributed by atoms with E-state index in [0.29, 0.717) is 26.4 Å². The summed E-state index contributed by atoms with van der Waals surface area (Å²) in [7, 11) is 0. The van der Waals surface area contributed by atoms with Gasteiger partial charge in [0.25, 0.3) is 0 Å². The Morgan fingerprint density at radius 3 is 1.38 bits per heavy atom. The molecule has 3 aliphatic rings. The highest BCUT2D eigenvalue weighted by atomic mass is 16.7. The van der Waals surface area contributed by atoms with Crippen LogP contribution < -0.4 is 0 Å². The number of ether oxygens (including phenoxy) is 4. The van der Waals surface area contributed by atoms with Crippen molar-refractivity contribution in [1.82, 2.24) is 0 Å². The van der Waals surface area contributed by atoms with E-state index in [1.165, 1.54) is 0 Å². The lowest BCUT2D eigenvalue weighted by atomic mass is 9.60. The molecule has 3 fully saturated rings. The van der Waals surface area contributed by atoms with E-state index in [4.69, 9.17) is 18.9 Å². The first-order chi connectivity index (χ1) is 9.69. The van der Waals surface area contributed by atoms with Crippen molar-refractivity contribution in [3.05, 3.63) is 0 Å². The van der Waals surface area contributed by atoms with Crippen LogP contribution in [0.2, 0.25) is 0 Å². The fourth-order valence-electron chi connectivity index (χ4n) is 3.76. The number of aliphatic hydroxyl groups is 1. The SMILES string of the molecule is CC1(C)OCC2(CCCC3(COC(C)(C)OC3)C2O)CO1. The van der Waals surface area contributed by atoms with Gasteiger partial charge in [-0.2, -0.15) is 0 Å². The van der Waals surface area contributed by atoms with E-state index in [2.05, 4.69) is 0 Å². The molecule has 21 heavy (non-hydrogen) atoms. The Morgan fingerprint density at radius 2 is 1.05 bits per heavy atom. The van der Waals surface area contributed by atoms with E-state index >= 15 is 0 Å². The summed E-state index contributed by atoms with van der Waals surface area (Å²) in [6.45, 7) is 9.80. The molecule has 1 N–H and O–H groups in total. The number of aliphatic hydroxyl groups excluding tert-OH is 1. The van der Waals surface area contributed by atoms with Gasteiger partial charge in [0.1, 0.15) is 0 Å². The van der Waals surface area contributed by atoms with Gasteiger partial charge in [-0.25, -0.2) is 0 Å². The zero-order valence-corrected chi connectivity index (χ0v) is 13.6. The summed E-state index contributed by atoms with van der Waals surface area (Å²) in [6, 6.07) is 0. The first-order valence-electron chi connectivity index (χ1n) is 7.93. The highest BCUT2D eigenvalue weighted by molar-refractivity contribution is 5.04. The third-order valence-electron chi connectivity index (χ3n) is 5.34. The molecule has 2 spiro atoms. The normalized spacial score (nSPS) is 34.1. The quantitative estimate of drug-likeness (QED) is 0.742. The molecule has 0 aromatic carbocycles. The van der Waals surface area contributed by atoms with Gasteiger partial charge in [0.15, 0.2) is 11.6 Å². The Labute approximate surface area is 126 Å². The van der Waals surface area contributed by atoms with Gasteiger partial charge in [-0.3, -0.25) is 0 Å². The summed E-state index contributed by atoms with van der Waals surface area (Å²) < 4.78 is 23.4. The van der Waals surface area contributed by atoms with Crippen LogP contribution in [0.4, 0.5) is 0 Å². The van der Waals surface area contributed by atoms with Crippen LogP contribution in [-0.4, -0.2) is 49.2 Å². The highest BCUT2D eigenvalue weighted by Crippen LogP contribution is 2.51. The van der Waals surface area contributed by atoms with E-state index in [1.54, 1.807) is 0 Å². The van der Waals surface area contributed by atoms with Crippen molar-refractivity contribution in [2.75, 3.05) is 26.4 Å². The lowest BCUT2D eigenvalue weighted by Crippen LogP contribution is -2.64. The van der Waals surface area contributed by atoms with Crippen molar-refractivity contribution in [2.24, 2.45) is 10.8 Å². The summed E-state index contributed by atoms with van der Waals surface area (Å²) in [4.78, 5) is 0. The van der Waals surface area contributed by atoms with Crippen LogP contribution in [0.5, 0.6) is 0 Å². The van der Waals surface area contributed by atoms with E-state index < -0.39 is 17.7 Å². The minimum absolute atomic E-state index is 0.331. The molecule has 0 radical (unpaired) electrons. The molecule has 1 saturated carbocycles. The van der Waals surface area contributed by atoms with Crippen molar-refractivity contribution in [3.63, 3.8) is 0 Å². The minimum atomic E-state index is -0.558. The molecule has 1 aliphatic carbocycles. The molecule has 0 amide bonds. The van der Waals surface area contributed by atoms with Crippen LogP contribution in [0, 0.1) is 10.8 Å². The molecule has 2 saturated heterocycles. The van der Waals surface area contributed by atoms with Crippen molar-refractivity contribution >= 4 is 0 Å². The highest BCUT2D eigenvalue weighted by Gasteiger charge is 2.58. The summed E-state index contributed by atoms with van der Waals surface area (Å²) in [6.07, 6.45) is 2.37. The molecule has 0 aromatic heterocycles. The van der Waals surface area contributed by atoms with Gasteiger partial charge < -0.3 is 24.1 Å². The topological polar surface area (TPSA) is 57.2 Å². The Balaban J connectivity index is 1.77. The maximum absolute atomic E-state index is 11.1. The predicted molar refractivity (Wildman–Crippen MR) is 76.7 cm³/mol. The van der Waals surface area contributed by atoms with Crippen molar-refractivity contribution in [1.29, 1.82) is 0 Å². The first-order valence-corrected chi connectivity index (χ1v) is 7.93.